The number of pyridine rings is 2. The van der Waals surface area contributed by atoms with E-state index in [2.05, 4.69) is 39.3 Å². The molecule has 2 unspecified atom stereocenters. The van der Waals surface area contributed by atoms with Crippen molar-refractivity contribution in [3.05, 3.63) is 127 Å². The number of phenols is 1. The molecule has 13 nitrogen and oxygen atoms in total. The zero-order valence-corrected chi connectivity index (χ0v) is 41.5. The lowest BCUT2D eigenvalue weighted by atomic mass is 10.0. The largest absolute Gasteiger partial charge is 0.505 e. The summed E-state index contributed by atoms with van der Waals surface area (Å²) in [5, 5.41) is 26.1. The van der Waals surface area contributed by atoms with Gasteiger partial charge in [-0.05, 0) is 70.2 Å². The molecule has 7 rings (SSSR count). The minimum atomic E-state index is -4.51. The van der Waals surface area contributed by atoms with E-state index in [0.717, 1.165) is 17.7 Å². The van der Waals surface area contributed by atoms with Gasteiger partial charge < -0.3 is 43.6 Å². The van der Waals surface area contributed by atoms with Crippen LogP contribution in [0.5, 0.6) is 34.8 Å². The van der Waals surface area contributed by atoms with E-state index in [-0.39, 0.29) is 60.1 Å². The second kappa shape index (κ2) is 29.0. The van der Waals surface area contributed by atoms with Crippen LogP contribution in [0.2, 0.25) is 20.1 Å². The lowest BCUT2D eigenvalue weighted by Crippen LogP contribution is -2.12. The summed E-state index contributed by atoms with van der Waals surface area (Å²) >= 11 is 24.2. The van der Waals surface area contributed by atoms with Crippen LogP contribution < -0.4 is 23.7 Å². The molecule has 0 amide bonds. The predicted octanol–water partition coefficient (Wildman–Crippen LogP) is 13.3. The van der Waals surface area contributed by atoms with Gasteiger partial charge in [-0.2, -0.15) is 13.2 Å². The van der Waals surface area contributed by atoms with Crippen LogP contribution in [0.15, 0.2) is 83.4 Å². The second-order valence-corrected chi connectivity index (χ2v) is 16.6. The van der Waals surface area contributed by atoms with Crippen molar-refractivity contribution >= 4 is 57.8 Å². The van der Waals surface area contributed by atoms with Crippen LogP contribution in [0.1, 0.15) is 80.7 Å². The molecule has 2 aromatic heterocycles. The molecule has 2 aliphatic heterocycles. The first-order valence-corrected chi connectivity index (χ1v) is 22.8. The number of aliphatic hydroxyl groups excluding tert-OH is 1. The summed E-state index contributed by atoms with van der Waals surface area (Å²) in [4.78, 5) is 18.7. The van der Waals surface area contributed by atoms with Crippen molar-refractivity contribution in [2.45, 2.75) is 85.1 Å². The summed E-state index contributed by atoms with van der Waals surface area (Å²) in [5.41, 5.74) is 3.06. The molecule has 21 heteroatoms. The van der Waals surface area contributed by atoms with Crippen molar-refractivity contribution in [2.75, 3.05) is 41.2 Å². The van der Waals surface area contributed by atoms with Gasteiger partial charge in [0.05, 0.1) is 67.1 Å². The number of ether oxygens (including phenoxy) is 5. The monoisotopic (exact) mass is 1060 g/mol. The SMILES string of the molecule is C.CCO.COc1c(Cl)cc(O)c(F)c1C1=NOC(CCCOc2ncc(C)cc2Cl)C1.COc1cc(Cl)c(OC)c(C2=NOC(CCCOc3ncc(C(F)(F)F)cc3Cl)C2)c1.Cc1ccccc1. The molecule has 0 saturated heterocycles. The fourth-order valence-corrected chi connectivity index (χ4v) is 7.50. The average Bonchev–Trinajstić information content (AvgIpc) is 3.99. The molecule has 70 heavy (non-hydrogen) atoms. The summed E-state index contributed by atoms with van der Waals surface area (Å²) in [7, 11) is 4.43. The molecule has 0 bridgehead atoms. The zero-order chi connectivity index (χ0) is 50.7. The molecule has 0 fully saturated rings. The number of hydrogen-bond donors (Lipinski definition) is 2. The summed E-state index contributed by atoms with van der Waals surface area (Å²) in [6, 6.07) is 17.3. The van der Waals surface area contributed by atoms with Crippen LogP contribution in [-0.2, 0) is 15.9 Å². The molecule has 0 aliphatic carbocycles. The van der Waals surface area contributed by atoms with Crippen LogP contribution in [0.4, 0.5) is 17.6 Å². The molecule has 0 saturated carbocycles. The van der Waals surface area contributed by atoms with Gasteiger partial charge in [-0.3, -0.25) is 0 Å². The van der Waals surface area contributed by atoms with E-state index < -0.39 is 23.3 Å². The van der Waals surface area contributed by atoms with Crippen molar-refractivity contribution in [1.82, 2.24) is 9.97 Å². The maximum atomic E-state index is 14.4. The van der Waals surface area contributed by atoms with Crippen LogP contribution in [0.25, 0.3) is 0 Å². The Kier molecular flexibility index (Phi) is 24.4. The standard InChI is InChI=1S/C20H19Cl2F3N2O4.C19H19Cl2FN2O4.C7H8.C2H6O.CH4/c1-28-13-7-14(18(29-2)15(21)8-13)17-9-12(31-27-17)4-3-5-30-19-16(22)6-11(10-26-19)20(23,24)25;1-10-6-13(21)19(23-9-10)27-5-3-4-11-7-14(24-28-11)16-17(22)15(25)8-12(20)18(16)26-2;1-7-5-3-2-4-6-7;1-2-3;/h6-8,10,12H,3-5,9H2,1-2H3;6,8-9,11,25H,3-5,7H2,1-2H3;2-6H,1H3;3H,2H2,1H3;1H4. The van der Waals surface area contributed by atoms with Crippen LogP contribution >= 0.6 is 46.4 Å². The minimum absolute atomic E-state index is 0. The molecular formula is C49H56Cl4F4N4O9. The highest BCUT2D eigenvalue weighted by Crippen LogP contribution is 2.39. The smallest absolute Gasteiger partial charge is 0.417 e. The van der Waals surface area contributed by atoms with Gasteiger partial charge in [-0.25, -0.2) is 14.4 Å². The van der Waals surface area contributed by atoms with Gasteiger partial charge in [0.1, 0.15) is 39.5 Å². The summed E-state index contributed by atoms with van der Waals surface area (Å²) in [6.07, 6.45) is 0.769. The fraction of sp³-hybridized carbons (Fsp3) is 0.388. The number of nitrogens with zero attached hydrogens (tertiary/aromatic N) is 4. The number of phenolic OH excluding ortho intramolecular Hbond substituents is 1. The molecule has 382 valence electrons. The first-order chi connectivity index (χ1) is 32.9. The molecule has 0 spiro atoms. The van der Waals surface area contributed by atoms with Gasteiger partial charge in [-0.15, -0.1) is 0 Å². The number of methoxy groups -OCH3 is 3. The predicted molar refractivity (Wildman–Crippen MR) is 265 cm³/mol. The Labute approximate surface area is 425 Å². The molecule has 2 atom stereocenters. The number of aliphatic hydroxyl groups is 1. The number of aromatic nitrogens is 2. The Balaban J connectivity index is 0.000000306. The molecule has 3 aromatic carbocycles. The minimum Gasteiger partial charge on any atom is -0.505 e. The van der Waals surface area contributed by atoms with E-state index >= 15 is 0 Å². The van der Waals surface area contributed by atoms with Crippen LogP contribution in [-0.4, -0.2) is 85.0 Å². The van der Waals surface area contributed by atoms with Gasteiger partial charge in [0.15, 0.2) is 11.6 Å². The Morgan fingerprint density at radius 1 is 0.700 bits per heavy atom. The van der Waals surface area contributed by atoms with Crippen LogP contribution in [0, 0.1) is 19.7 Å². The molecule has 4 heterocycles. The van der Waals surface area contributed by atoms with E-state index in [1.807, 2.05) is 25.1 Å². The number of hydrogen-bond acceptors (Lipinski definition) is 13. The lowest BCUT2D eigenvalue weighted by Gasteiger charge is -2.12. The summed E-state index contributed by atoms with van der Waals surface area (Å²) in [5.74, 6) is 0.101. The third-order valence-electron chi connectivity index (χ3n) is 9.72. The quantitative estimate of drug-likeness (QED) is 0.0760. The maximum Gasteiger partial charge on any atom is 0.417 e. The average molecular weight is 1060 g/mol. The molecular weight excluding hydrogens is 1010 g/mol. The van der Waals surface area contributed by atoms with Gasteiger partial charge in [0.2, 0.25) is 11.8 Å². The molecule has 0 radical (unpaired) electrons. The molecule has 5 aromatic rings. The zero-order valence-electron chi connectivity index (χ0n) is 38.5. The van der Waals surface area contributed by atoms with E-state index in [1.54, 1.807) is 31.3 Å². The molecule has 2 N–H and O–H groups in total. The summed E-state index contributed by atoms with van der Waals surface area (Å²) in [6.45, 7) is 6.53. The number of halogens is 8. The Morgan fingerprint density at radius 2 is 1.23 bits per heavy atom. The van der Waals surface area contributed by atoms with E-state index in [0.29, 0.717) is 95.7 Å². The van der Waals surface area contributed by atoms with Gasteiger partial charge in [-0.1, -0.05) is 100 Å². The number of aromatic hydroxyl groups is 1. The Bertz CT molecular complexity index is 2510. The van der Waals surface area contributed by atoms with Gasteiger partial charge in [0.25, 0.3) is 0 Å². The van der Waals surface area contributed by atoms with Crippen molar-refractivity contribution < 1.29 is 61.1 Å². The summed E-state index contributed by atoms with van der Waals surface area (Å²) < 4.78 is 79.2. The number of oxime groups is 2. The number of benzene rings is 3. The van der Waals surface area contributed by atoms with Crippen molar-refractivity contribution in [3.8, 4) is 34.8 Å². The van der Waals surface area contributed by atoms with Gasteiger partial charge >= 0.3 is 6.18 Å². The van der Waals surface area contributed by atoms with E-state index in [4.69, 9.17) is 84.9 Å². The fourth-order valence-electron chi connectivity index (χ4n) is 6.44. The highest BCUT2D eigenvalue weighted by molar-refractivity contribution is 6.33. The Morgan fingerprint density at radius 3 is 1.73 bits per heavy atom. The van der Waals surface area contributed by atoms with Gasteiger partial charge in [0, 0.05) is 49.5 Å². The highest BCUT2D eigenvalue weighted by Gasteiger charge is 2.32. The topological polar surface area (TPSA) is 156 Å². The van der Waals surface area contributed by atoms with Crippen molar-refractivity contribution in [1.29, 1.82) is 0 Å². The van der Waals surface area contributed by atoms with Crippen molar-refractivity contribution in [3.63, 3.8) is 0 Å². The normalized spacial score (nSPS) is 14.6. The number of rotatable bonds is 15. The van der Waals surface area contributed by atoms with E-state index in [9.17, 15) is 22.7 Å². The number of aryl methyl sites for hydroxylation is 2. The van der Waals surface area contributed by atoms with E-state index in [1.165, 1.54) is 26.9 Å². The third-order valence-corrected chi connectivity index (χ3v) is 10.8. The van der Waals surface area contributed by atoms with Crippen LogP contribution in [0.3, 0.4) is 0 Å². The number of alkyl halides is 3. The first-order valence-electron chi connectivity index (χ1n) is 21.3. The molecule has 2 aliphatic rings. The Hall–Kier alpha value is -5.46. The second-order valence-electron chi connectivity index (χ2n) is 15.0. The van der Waals surface area contributed by atoms with Crippen molar-refractivity contribution in [2.24, 2.45) is 10.3 Å². The maximum absolute atomic E-state index is 14.4. The third kappa shape index (κ3) is 17.4. The lowest BCUT2D eigenvalue weighted by molar-refractivity contribution is -0.137. The highest BCUT2D eigenvalue weighted by atomic mass is 35.5. The first kappa shape index (κ1) is 58.9.